The Balaban J connectivity index is 0.000000146. The molecule has 0 spiro atoms. The number of pyridine rings is 1. The Bertz CT molecular complexity index is 4070. The minimum atomic E-state index is -0.624. The van der Waals surface area contributed by atoms with Crippen molar-refractivity contribution in [1.29, 1.82) is 0 Å². The van der Waals surface area contributed by atoms with Gasteiger partial charge in [-0.2, -0.15) is 0 Å². The zero-order valence-electron chi connectivity index (χ0n) is 48.9. The van der Waals surface area contributed by atoms with Crippen molar-refractivity contribution in [3.05, 3.63) is 192 Å². The first-order valence-corrected chi connectivity index (χ1v) is 28.5. The van der Waals surface area contributed by atoms with Crippen LogP contribution in [0.25, 0.3) is 32.8 Å². The topological polar surface area (TPSA) is 261 Å². The van der Waals surface area contributed by atoms with E-state index in [4.69, 9.17) is 14.2 Å². The normalized spacial score (nSPS) is 14.9. The number of carbonyl (C=O) groups is 9. The highest BCUT2D eigenvalue weighted by molar-refractivity contribution is 6.46. The number of aromatic amines is 3. The average Bonchev–Trinajstić information content (AvgIpc) is 2.79. The Morgan fingerprint density at radius 1 is 0.420 bits per heavy atom. The van der Waals surface area contributed by atoms with E-state index in [2.05, 4.69) is 19.9 Å². The first-order chi connectivity index (χ1) is 42.7. The summed E-state index contributed by atoms with van der Waals surface area (Å²) < 4.78 is 16.0. The van der Waals surface area contributed by atoms with Gasteiger partial charge in [0.05, 0.1) is 54.3 Å². The number of ketones is 3. The second-order valence-corrected chi connectivity index (χ2v) is 21.0. The van der Waals surface area contributed by atoms with E-state index in [0.29, 0.717) is 133 Å². The summed E-state index contributed by atoms with van der Waals surface area (Å²) in [7, 11) is 4.54. The van der Waals surface area contributed by atoms with Gasteiger partial charge in [0.25, 0.3) is 52.8 Å². The number of Topliss-reactive ketones (excluding diaryl/α,β-unsaturated/α-hetero) is 3. The Kier molecular flexibility index (Phi) is 18.5. The fourth-order valence-electron chi connectivity index (χ4n) is 11.1. The number of fused-ring (bicyclic) bond motifs is 3. The van der Waals surface area contributed by atoms with E-state index in [1.807, 2.05) is 85.8 Å². The molecule has 0 unspecified atom stereocenters. The maximum Gasteiger partial charge on any atom is 0.295 e. The molecule has 1 atom stereocenters. The van der Waals surface area contributed by atoms with E-state index in [9.17, 15) is 43.2 Å². The molecule has 4 aromatic heterocycles. The van der Waals surface area contributed by atoms with Gasteiger partial charge in [-0.05, 0) is 67.6 Å². The first-order valence-electron chi connectivity index (χ1n) is 28.5. The van der Waals surface area contributed by atoms with Crippen LogP contribution in [0, 0.1) is 0 Å². The van der Waals surface area contributed by atoms with Crippen LogP contribution in [0.5, 0.6) is 17.2 Å². The zero-order chi connectivity index (χ0) is 62.0. The summed E-state index contributed by atoms with van der Waals surface area (Å²) in [4.78, 5) is 138. The summed E-state index contributed by atoms with van der Waals surface area (Å²) in [5.41, 5.74) is 4.61. The van der Waals surface area contributed by atoms with E-state index in [0.717, 1.165) is 10.9 Å². The fraction of sp³-hybridized carbons (Fsp3) is 0.242. The van der Waals surface area contributed by atoms with Crippen LogP contribution >= 0.6 is 0 Å². The number of amides is 6. The molecular weight excluding hydrogens is 1120 g/mol. The molecule has 9 aromatic rings. The largest absolute Gasteiger partial charge is 0.496 e. The smallest absolute Gasteiger partial charge is 0.295 e. The molecule has 0 radical (unpaired) electrons. The number of hydrogen-bond donors (Lipinski definition) is 3. The lowest BCUT2D eigenvalue weighted by Crippen LogP contribution is -2.56. The lowest BCUT2D eigenvalue weighted by molar-refractivity contribution is -0.130. The fourth-order valence-corrected chi connectivity index (χ4v) is 11.1. The minimum Gasteiger partial charge on any atom is -0.496 e. The maximum atomic E-state index is 13.0. The van der Waals surface area contributed by atoms with Gasteiger partial charge in [-0.1, -0.05) is 72.8 Å². The highest BCUT2D eigenvalue weighted by Gasteiger charge is 2.36. The number of nitrogens with one attached hydrogen (secondary N) is 3. The van der Waals surface area contributed by atoms with Gasteiger partial charge < -0.3 is 58.6 Å². The second kappa shape index (κ2) is 27.0. The lowest BCUT2D eigenvalue weighted by atomic mass is 10.1. The van der Waals surface area contributed by atoms with Crippen LogP contribution in [-0.4, -0.2) is 201 Å². The van der Waals surface area contributed by atoms with E-state index in [1.54, 1.807) is 81.7 Å². The van der Waals surface area contributed by atoms with Crippen LogP contribution in [-0.2, 0) is 14.4 Å². The van der Waals surface area contributed by atoms with Crippen molar-refractivity contribution in [3.63, 3.8) is 0 Å². The van der Waals surface area contributed by atoms with Crippen molar-refractivity contribution in [2.45, 2.75) is 13.0 Å². The number of H-pyrrole nitrogens is 3. The number of benzene rings is 5. The van der Waals surface area contributed by atoms with Crippen molar-refractivity contribution in [2.24, 2.45) is 0 Å². The quantitative estimate of drug-likeness (QED) is 0.0840. The van der Waals surface area contributed by atoms with Crippen molar-refractivity contribution < 1.29 is 57.4 Å². The summed E-state index contributed by atoms with van der Waals surface area (Å²) in [6, 6.07) is 39.3. The number of hydrogen-bond acceptors (Lipinski definition) is 13. The molecule has 3 N–H and O–H groups in total. The van der Waals surface area contributed by atoms with E-state index in [1.165, 1.54) is 48.4 Å². The molecule has 6 amide bonds. The summed E-state index contributed by atoms with van der Waals surface area (Å²) in [6.45, 7) is 5.75. The molecule has 0 saturated carbocycles. The Morgan fingerprint density at radius 2 is 0.841 bits per heavy atom. The summed E-state index contributed by atoms with van der Waals surface area (Å²) in [5, 5.41) is 1.75. The van der Waals surface area contributed by atoms with Crippen molar-refractivity contribution >= 4 is 85.6 Å². The molecule has 450 valence electrons. The minimum absolute atomic E-state index is 0.0503. The summed E-state index contributed by atoms with van der Waals surface area (Å²) in [5.74, 6) is -2.18. The summed E-state index contributed by atoms with van der Waals surface area (Å²) in [6.07, 6.45) is 6.14. The highest BCUT2D eigenvalue weighted by atomic mass is 16.5. The van der Waals surface area contributed by atoms with Crippen molar-refractivity contribution in [3.8, 4) is 17.2 Å². The molecule has 3 fully saturated rings. The standard InChI is InChI=1S/C23H23N3O5.C22H22N4O4.C21H19N3O3/c1-30-17-8-9-18(31-2)20-19(17)16(14-24-20)21(27)23(29)26-12-10-25(11-13-26)22(28)15-6-4-3-5-7-15;1-14-13-25(21(28)15-6-4-3-5-7-15)10-11-26(14)22(29)19(27)16-12-24-20-18(16)17(30-2)8-9-23-20;25-19(17-14-22-18-9-5-4-8-16(17)18)21(27)24-12-10-23(11-13-24)20(26)15-6-2-1-3-7-15/h3-9,14,24H,10-13H2,1-2H3;3-9,12,14H,10-11,13H2,1-2H3,(H,23,24);1-9,14,22H,10-13H2/t;14-;/m.1./s1. The third-order valence-corrected chi connectivity index (χ3v) is 15.8. The van der Waals surface area contributed by atoms with Gasteiger partial charge in [0.2, 0.25) is 0 Å². The molecule has 88 heavy (non-hydrogen) atoms. The van der Waals surface area contributed by atoms with Crippen LogP contribution in [0.4, 0.5) is 0 Å². The SMILES string of the molecule is COc1ccc(OC)c2c(C(=O)C(=O)N3CCN(C(=O)c4ccccc4)CC3)c[nH]c12.COc1ccnc2[nH]cc(C(=O)C(=O)N3CCN(C(=O)c4ccccc4)C[C@H]3C)c12.O=C(C(=O)N1CCN(C(=O)c2ccccc2)CC1)c1c[nH]c2ccccc12. The third kappa shape index (κ3) is 12.6. The van der Waals surface area contributed by atoms with Crippen LogP contribution in [0.15, 0.2) is 158 Å². The van der Waals surface area contributed by atoms with Crippen LogP contribution in [0.3, 0.4) is 0 Å². The molecule has 3 aliphatic rings. The molecule has 5 aromatic carbocycles. The van der Waals surface area contributed by atoms with Crippen LogP contribution in [0.2, 0.25) is 0 Å². The number of para-hydroxylation sites is 1. The lowest BCUT2D eigenvalue weighted by Gasteiger charge is -2.39. The molecule has 3 saturated heterocycles. The molecule has 22 heteroatoms. The third-order valence-electron chi connectivity index (χ3n) is 15.8. The van der Waals surface area contributed by atoms with Crippen molar-refractivity contribution in [1.82, 2.24) is 49.3 Å². The van der Waals surface area contributed by atoms with Gasteiger partial charge in [0.15, 0.2) is 0 Å². The number of carbonyl (C=O) groups excluding carboxylic acids is 9. The van der Waals surface area contributed by atoms with Gasteiger partial charge in [0, 0.05) is 130 Å². The van der Waals surface area contributed by atoms with E-state index in [-0.39, 0.29) is 34.9 Å². The number of nitrogens with zero attached hydrogens (tertiary/aromatic N) is 7. The Hall–Kier alpha value is -10.9. The van der Waals surface area contributed by atoms with Crippen LogP contribution in [0.1, 0.15) is 69.1 Å². The van der Waals surface area contributed by atoms with Gasteiger partial charge in [-0.3, -0.25) is 43.2 Å². The molecule has 7 heterocycles. The number of piperazine rings is 3. The molecule has 3 aliphatic heterocycles. The Morgan fingerprint density at radius 3 is 1.38 bits per heavy atom. The highest BCUT2D eigenvalue weighted by Crippen LogP contribution is 2.36. The first kappa shape index (κ1) is 60.2. The van der Waals surface area contributed by atoms with E-state index >= 15 is 0 Å². The van der Waals surface area contributed by atoms with Gasteiger partial charge >= 0.3 is 0 Å². The molecule has 0 bridgehead atoms. The monoisotopic (exact) mass is 1190 g/mol. The molecule has 22 nitrogen and oxygen atoms in total. The van der Waals surface area contributed by atoms with E-state index < -0.39 is 35.1 Å². The van der Waals surface area contributed by atoms with Crippen LogP contribution < -0.4 is 14.2 Å². The van der Waals surface area contributed by atoms with Gasteiger partial charge in [-0.25, -0.2) is 4.98 Å². The van der Waals surface area contributed by atoms with Crippen molar-refractivity contribution in [2.75, 3.05) is 93.3 Å². The molecular formula is C66H64N10O12. The number of methoxy groups -OCH3 is 3. The zero-order valence-corrected chi connectivity index (χ0v) is 48.9. The number of ether oxygens (including phenoxy) is 3. The molecule has 0 aliphatic carbocycles. The second-order valence-electron chi connectivity index (χ2n) is 21.0. The summed E-state index contributed by atoms with van der Waals surface area (Å²) >= 11 is 0. The predicted octanol–water partition coefficient (Wildman–Crippen LogP) is 6.81. The average molecular weight is 1190 g/mol. The number of rotatable bonds is 12. The van der Waals surface area contributed by atoms with Gasteiger partial charge in [0.1, 0.15) is 22.9 Å². The number of aromatic nitrogens is 4. The molecule has 12 rings (SSSR count). The predicted molar refractivity (Wildman–Crippen MR) is 327 cm³/mol. The Labute approximate surface area is 505 Å². The van der Waals surface area contributed by atoms with Gasteiger partial charge in [-0.15, -0.1) is 0 Å². The maximum absolute atomic E-state index is 13.0.